The third kappa shape index (κ3) is 4.51. The molecule has 1 N–H and O–H groups in total. The van der Waals surface area contributed by atoms with Gasteiger partial charge in [0.1, 0.15) is 6.04 Å². The van der Waals surface area contributed by atoms with E-state index in [-0.39, 0.29) is 5.75 Å². The van der Waals surface area contributed by atoms with E-state index < -0.39 is 11.8 Å². The Bertz CT molecular complexity index is 588. The number of halogens is 3. The Hall–Kier alpha value is -1.46. The molecule has 0 heterocycles. The zero-order valence-electron chi connectivity index (χ0n) is 11.0. The van der Waals surface area contributed by atoms with Gasteiger partial charge in [-0.05, 0) is 28.8 Å². The minimum Gasteiger partial charge on any atom is -0.209 e. The van der Waals surface area contributed by atoms with E-state index in [1.54, 1.807) is 24.3 Å². The maximum absolute atomic E-state index is 12.1. The highest BCUT2D eigenvalue weighted by molar-refractivity contribution is 7.98. The van der Waals surface area contributed by atoms with Crippen LogP contribution in [0.5, 0.6) is 0 Å². The third-order valence-corrected chi connectivity index (χ3v) is 3.99. The van der Waals surface area contributed by atoms with Gasteiger partial charge in [0, 0.05) is 10.8 Å². The Labute approximate surface area is 131 Å². The van der Waals surface area contributed by atoms with Crippen LogP contribution in [0.4, 0.5) is 8.78 Å². The lowest BCUT2D eigenvalue weighted by molar-refractivity contribution is 0.252. The van der Waals surface area contributed by atoms with Gasteiger partial charge in [0.2, 0.25) is 0 Å². The molecule has 0 bridgehead atoms. The molecule has 0 aromatic heterocycles. The average Bonchev–Trinajstić information content (AvgIpc) is 2.49. The number of benzene rings is 2. The van der Waals surface area contributed by atoms with E-state index in [0.29, 0.717) is 16.8 Å². The van der Waals surface area contributed by atoms with Crippen LogP contribution < -0.4 is 0 Å². The highest BCUT2D eigenvalue weighted by atomic mass is 35.5. The van der Waals surface area contributed by atoms with Gasteiger partial charge in [0.05, 0.1) is 0 Å². The standard InChI is InChI=1S/C15H13ClF2N2S/c16-13-7-5-12(6-8-13)14(20-19)11-3-1-10(2-4-11)9-21-15(17)18/h1-8,14-15,19H,9H2. The van der Waals surface area contributed by atoms with Crippen LogP contribution in [0.3, 0.4) is 0 Å². The van der Waals surface area contributed by atoms with Crippen molar-refractivity contribution >= 4 is 23.4 Å². The zero-order valence-corrected chi connectivity index (χ0v) is 12.5. The lowest BCUT2D eigenvalue weighted by Gasteiger charge is -2.12. The van der Waals surface area contributed by atoms with Gasteiger partial charge in [0.25, 0.3) is 5.76 Å². The molecule has 0 radical (unpaired) electrons. The number of alkyl halides is 2. The smallest absolute Gasteiger partial charge is 0.209 e. The molecule has 0 amide bonds. The van der Waals surface area contributed by atoms with Crippen LogP contribution in [-0.2, 0) is 5.75 Å². The number of nitrogens with zero attached hydrogens (tertiary/aromatic N) is 1. The molecule has 0 saturated carbocycles. The molecule has 0 aliphatic carbocycles. The topological polar surface area (TPSA) is 36.2 Å². The van der Waals surface area contributed by atoms with Crippen molar-refractivity contribution in [3.8, 4) is 0 Å². The van der Waals surface area contributed by atoms with Gasteiger partial charge < -0.3 is 0 Å². The second kappa shape index (κ2) is 7.52. The Morgan fingerprint density at radius 2 is 1.52 bits per heavy atom. The summed E-state index contributed by atoms with van der Waals surface area (Å²) in [5, 5.41) is 4.27. The molecule has 0 aliphatic rings. The Balaban J connectivity index is 2.15. The molecule has 0 spiro atoms. The van der Waals surface area contributed by atoms with E-state index in [1.807, 2.05) is 24.3 Å². The fraction of sp³-hybridized carbons (Fsp3) is 0.200. The lowest BCUT2D eigenvalue weighted by Crippen LogP contribution is -1.97. The highest BCUT2D eigenvalue weighted by Gasteiger charge is 2.13. The fourth-order valence-electron chi connectivity index (χ4n) is 1.94. The van der Waals surface area contributed by atoms with Gasteiger partial charge in [-0.15, -0.1) is 0 Å². The Morgan fingerprint density at radius 1 is 1.00 bits per heavy atom. The van der Waals surface area contributed by atoms with Crippen LogP contribution in [0.2, 0.25) is 5.02 Å². The van der Waals surface area contributed by atoms with Crippen molar-refractivity contribution in [3.05, 3.63) is 70.2 Å². The molecule has 2 nitrogen and oxygen atoms in total. The van der Waals surface area contributed by atoms with Crippen LogP contribution in [0, 0.1) is 5.53 Å². The summed E-state index contributed by atoms with van der Waals surface area (Å²) < 4.78 is 24.3. The zero-order chi connectivity index (χ0) is 15.2. The molecule has 2 aromatic rings. The summed E-state index contributed by atoms with van der Waals surface area (Å²) in [6.45, 7) is 0. The van der Waals surface area contributed by atoms with Gasteiger partial charge in [-0.3, -0.25) is 0 Å². The van der Waals surface area contributed by atoms with E-state index in [4.69, 9.17) is 17.1 Å². The van der Waals surface area contributed by atoms with Gasteiger partial charge in [-0.1, -0.05) is 59.8 Å². The van der Waals surface area contributed by atoms with Crippen LogP contribution in [0.15, 0.2) is 53.6 Å². The molecule has 0 aliphatic heterocycles. The molecule has 2 aromatic carbocycles. The first-order valence-corrected chi connectivity index (χ1v) is 7.63. The van der Waals surface area contributed by atoms with Crippen molar-refractivity contribution in [2.24, 2.45) is 5.11 Å². The van der Waals surface area contributed by atoms with Gasteiger partial charge in [-0.25, -0.2) is 5.53 Å². The third-order valence-electron chi connectivity index (χ3n) is 2.99. The summed E-state index contributed by atoms with van der Waals surface area (Å²) in [4.78, 5) is 0. The van der Waals surface area contributed by atoms with E-state index in [0.717, 1.165) is 16.7 Å². The molecule has 6 heteroatoms. The predicted molar refractivity (Wildman–Crippen MR) is 82.2 cm³/mol. The van der Waals surface area contributed by atoms with E-state index in [9.17, 15) is 8.78 Å². The summed E-state index contributed by atoms with van der Waals surface area (Å²) in [5.41, 5.74) is 9.90. The summed E-state index contributed by atoms with van der Waals surface area (Å²) in [5.74, 6) is -2.10. The maximum Gasteiger partial charge on any atom is 0.284 e. The lowest BCUT2D eigenvalue weighted by atomic mass is 9.99. The normalized spacial score (nSPS) is 12.4. The monoisotopic (exact) mass is 326 g/mol. The number of thioether (sulfide) groups is 1. The molecule has 1 unspecified atom stereocenters. The van der Waals surface area contributed by atoms with Gasteiger partial charge in [-0.2, -0.15) is 13.9 Å². The van der Waals surface area contributed by atoms with Crippen molar-refractivity contribution in [2.45, 2.75) is 17.6 Å². The highest BCUT2D eigenvalue weighted by Crippen LogP contribution is 2.28. The molecule has 2 rings (SSSR count). The summed E-state index contributed by atoms with van der Waals surface area (Å²) >= 11 is 6.44. The summed E-state index contributed by atoms with van der Waals surface area (Å²) in [6.07, 6.45) is 0. The molecular weight excluding hydrogens is 314 g/mol. The minimum atomic E-state index is -2.37. The van der Waals surface area contributed by atoms with Crippen molar-refractivity contribution in [1.29, 1.82) is 5.53 Å². The van der Waals surface area contributed by atoms with Crippen LogP contribution in [-0.4, -0.2) is 5.76 Å². The largest absolute Gasteiger partial charge is 0.284 e. The van der Waals surface area contributed by atoms with Crippen LogP contribution in [0.1, 0.15) is 22.7 Å². The first-order chi connectivity index (χ1) is 10.1. The molecule has 21 heavy (non-hydrogen) atoms. The first-order valence-electron chi connectivity index (χ1n) is 6.21. The second-order valence-electron chi connectivity index (χ2n) is 4.40. The van der Waals surface area contributed by atoms with Crippen molar-refractivity contribution in [3.63, 3.8) is 0 Å². The minimum absolute atomic E-state index is 0.265. The predicted octanol–water partition coefficient (Wildman–Crippen LogP) is 5.92. The van der Waals surface area contributed by atoms with E-state index in [1.165, 1.54) is 0 Å². The Kier molecular flexibility index (Phi) is 5.70. The molecule has 110 valence electrons. The van der Waals surface area contributed by atoms with Gasteiger partial charge >= 0.3 is 0 Å². The van der Waals surface area contributed by atoms with Crippen LogP contribution >= 0.6 is 23.4 Å². The summed E-state index contributed by atoms with van der Waals surface area (Å²) in [7, 11) is 0. The molecular formula is C15H13ClF2N2S. The number of rotatable bonds is 6. The fourth-order valence-corrected chi connectivity index (χ4v) is 2.58. The van der Waals surface area contributed by atoms with E-state index >= 15 is 0 Å². The van der Waals surface area contributed by atoms with E-state index in [2.05, 4.69) is 5.11 Å². The molecule has 1 atom stereocenters. The Morgan fingerprint density at radius 3 is 2.00 bits per heavy atom. The number of hydrogen-bond donors (Lipinski definition) is 1. The maximum atomic E-state index is 12.1. The van der Waals surface area contributed by atoms with Crippen LogP contribution in [0.25, 0.3) is 0 Å². The first kappa shape index (κ1) is 15.9. The van der Waals surface area contributed by atoms with Crippen molar-refractivity contribution in [2.75, 3.05) is 0 Å². The SMILES string of the molecule is N=NC(c1ccc(Cl)cc1)c1ccc(CSC(F)F)cc1. The number of nitrogens with one attached hydrogen (secondary N) is 1. The second-order valence-corrected chi connectivity index (χ2v) is 5.81. The average molecular weight is 327 g/mol. The quantitative estimate of drug-likeness (QED) is 0.657. The van der Waals surface area contributed by atoms with Gasteiger partial charge in [0.15, 0.2) is 0 Å². The molecule has 0 fully saturated rings. The van der Waals surface area contributed by atoms with Crippen molar-refractivity contribution in [1.82, 2.24) is 0 Å². The number of hydrogen-bond acceptors (Lipinski definition) is 3. The molecule has 0 saturated heterocycles. The summed E-state index contributed by atoms with van der Waals surface area (Å²) in [6, 6.07) is 14.0. The van der Waals surface area contributed by atoms with Crippen molar-refractivity contribution < 1.29 is 8.78 Å².